The fourth-order valence-electron chi connectivity index (χ4n) is 2.30. The molecule has 4 heteroatoms. The summed E-state index contributed by atoms with van der Waals surface area (Å²) in [5.41, 5.74) is 2.47. The van der Waals surface area contributed by atoms with Gasteiger partial charge >= 0.3 is 0 Å². The molecule has 1 aromatic rings. The highest BCUT2D eigenvalue weighted by atomic mass is 16.5. The lowest BCUT2D eigenvalue weighted by Gasteiger charge is -2.30. The summed E-state index contributed by atoms with van der Waals surface area (Å²) in [6, 6.07) is 4.88. The zero-order valence-corrected chi connectivity index (χ0v) is 14.3. The molecular formula is C17H31N3O. The molecule has 1 N–H and O–H groups in total. The van der Waals surface area contributed by atoms with Crippen LogP contribution in [0.2, 0.25) is 0 Å². The van der Waals surface area contributed by atoms with Gasteiger partial charge in [0.05, 0.1) is 6.61 Å². The number of hydrogen-bond donors (Lipinski definition) is 1. The molecule has 1 rings (SSSR count). The van der Waals surface area contributed by atoms with Gasteiger partial charge in [0.25, 0.3) is 0 Å². The average Bonchev–Trinajstić information content (AvgIpc) is 2.52. The van der Waals surface area contributed by atoms with Gasteiger partial charge < -0.3 is 15.0 Å². The fourth-order valence-corrected chi connectivity index (χ4v) is 2.30. The van der Waals surface area contributed by atoms with E-state index in [1.807, 2.05) is 0 Å². The van der Waals surface area contributed by atoms with Gasteiger partial charge in [-0.3, -0.25) is 0 Å². The molecule has 0 bridgehead atoms. The molecule has 1 unspecified atom stereocenters. The van der Waals surface area contributed by atoms with Crippen molar-refractivity contribution in [2.75, 3.05) is 31.7 Å². The SMILES string of the molecule is CCNCc1cc(CC)nc(N(CCOC)C(C)CC)c1. The van der Waals surface area contributed by atoms with Gasteiger partial charge in [-0.2, -0.15) is 0 Å². The van der Waals surface area contributed by atoms with Crippen LogP contribution in [0, 0.1) is 0 Å². The quantitative estimate of drug-likeness (QED) is 0.719. The summed E-state index contributed by atoms with van der Waals surface area (Å²) in [7, 11) is 1.75. The molecule has 1 heterocycles. The fraction of sp³-hybridized carbons (Fsp3) is 0.706. The van der Waals surface area contributed by atoms with Gasteiger partial charge in [-0.15, -0.1) is 0 Å². The third-order valence-electron chi connectivity index (χ3n) is 3.82. The van der Waals surface area contributed by atoms with Crippen molar-refractivity contribution >= 4 is 5.82 Å². The van der Waals surface area contributed by atoms with Gasteiger partial charge in [-0.05, 0) is 44.0 Å². The van der Waals surface area contributed by atoms with Crippen molar-refractivity contribution < 1.29 is 4.74 Å². The second-order valence-electron chi connectivity index (χ2n) is 5.40. The van der Waals surface area contributed by atoms with Crippen LogP contribution in [0.3, 0.4) is 0 Å². The van der Waals surface area contributed by atoms with E-state index in [0.717, 1.165) is 50.6 Å². The Hall–Kier alpha value is -1.13. The van der Waals surface area contributed by atoms with E-state index >= 15 is 0 Å². The van der Waals surface area contributed by atoms with E-state index in [1.54, 1.807) is 7.11 Å². The summed E-state index contributed by atoms with van der Waals surface area (Å²) in [6.07, 6.45) is 2.07. The molecule has 0 radical (unpaired) electrons. The van der Waals surface area contributed by atoms with E-state index in [9.17, 15) is 0 Å². The van der Waals surface area contributed by atoms with Gasteiger partial charge in [0.1, 0.15) is 5.82 Å². The van der Waals surface area contributed by atoms with Crippen LogP contribution >= 0.6 is 0 Å². The Bertz CT molecular complexity index is 409. The lowest BCUT2D eigenvalue weighted by atomic mass is 10.1. The van der Waals surface area contributed by atoms with Crippen molar-refractivity contribution in [2.24, 2.45) is 0 Å². The first kappa shape index (κ1) is 17.9. The molecule has 0 spiro atoms. The van der Waals surface area contributed by atoms with Gasteiger partial charge in [-0.25, -0.2) is 4.98 Å². The van der Waals surface area contributed by atoms with E-state index in [-0.39, 0.29) is 0 Å². The molecule has 21 heavy (non-hydrogen) atoms. The Labute approximate surface area is 129 Å². The first-order valence-corrected chi connectivity index (χ1v) is 8.12. The van der Waals surface area contributed by atoms with E-state index in [2.05, 4.69) is 50.0 Å². The van der Waals surface area contributed by atoms with Crippen LogP contribution in [-0.2, 0) is 17.7 Å². The van der Waals surface area contributed by atoms with E-state index in [4.69, 9.17) is 9.72 Å². The molecular weight excluding hydrogens is 262 g/mol. The topological polar surface area (TPSA) is 37.4 Å². The molecule has 1 atom stereocenters. The predicted octanol–water partition coefficient (Wildman–Crippen LogP) is 3.00. The Balaban J connectivity index is 3.03. The van der Waals surface area contributed by atoms with Crippen LogP contribution in [0.15, 0.2) is 12.1 Å². The Kier molecular flexibility index (Phi) is 8.31. The molecule has 0 amide bonds. The molecule has 0 aliphatic heterocycles. The van der Waals surface area contributed by atoms with Gasteiger partial charge in [-0.1, -0.05) is 20.8 Å². The minimum Gasteiger partial charge on any atom is -0.383 e. The van der Waals surface area contributed by atoms with Gasteiger partial charge in [0, 0.05) is 31.9 Å². The van der Waals surface area contributed by atoms with Crippen LogP contribution < -0.4 is 10.2 Å². The lowest BCUT2D eigenvalue weighted by molar-refractivity contribution is 0.203. The summed E-state index contributed by atoms with van der Waals surface area (Å²) in [5, 5.41) is 3.40. The second kappa shape index (κ2) is 9.74. The zero-order chi connectivity index (χ0) is 15.7. The smallest absolute Gasteiger partial charge is 0.129 e. The standard InChI is InChI=1S/C17H31N3O/c1-6-14(4)20(9-10-21-5)17-12-15(13-18-8-3)11-16(7-2)19-17/h11-12,14,18H,6-10,13H2,1-5H3. The first-order chi connectivity index (χ1) is 10.2. The molecule has 120 valence electrons. The van der Waals surface area contributed by atoms with Crippen molar-refractivity contribution in [1.82, 2.24) is 10.3 Å². The Morgan fingerprint density at radius 2 is 2.05 bits per heavy atom. The number of rotatable bonds is 10. The molecule has 1 aromatic heterocycles. The molecule has 0 saturated heterocycles. The van der Waals surface area contributed by atoms with Crippen molar-refractivity contribution in [2.45, 2.75) is 53.1 Å². The van der Waals surface area contributed by atoms with Crippen molar-refractivity contribution in [3.05, 3.63) is 23.4 Å². The number of ether oxygens (including phenoxy) is 1. The summed E-state index contributed by atoms with van der Waals surface area (Å²) in [5.74, 6) is 1.08. The van der Waals surface area contributed by atoms with Crippen molar-refractivity contribution in [3.8, 4) is 0 Å². The maximum Gasteiger partial charge on any atom is 0.129 e. The largest absolute Gasteiger partial charge is 0.383 e. The summed E-state index contributed by atoms with van der Waals surface area (Å²) in [4.78, 5) is 7.18. The van der Waals surface area contributed by atoms with Crippen LogP contribution in [0.1, 0.15) is 45.4 Å². The van der Waals surface area contributed by atoms with E-state index < -0.39 is 0 Å². The summed E-state index contributed by atoms with van der Waals surface area (Å²) >= 11 is 0. The summed E-state index contributed by atoms with van der Waals surface area (Å²) < 4.78 is 5.26. The highest BCUT2D eigenvalue weighted by Gasteiger charge is 2.15. The number of hydrogen-bond acceptors (Lipinski definition) is 4. The third-order valence-corrected chi connectivity index (χ3v) is 3.82. The number of aryl methyl sites for hydroxylation is 1. The zero-order valence-electron chi connectivity index (χ0n) is 14.3. The number of pyridine rings is 1. The van der Waals surface area contributed by atoms with Gasteiger partial charge in [0.2, 0.25) is 0 Å². The highest BCUT2D eigenvalue weighted by molar-refractivity contribution is 5.44. The lowest BCUT2D eigenvalue weighted by Crippen LogP contribution is -2.36. The number of nitrogens with zero attached hydrogens (tertiary/aromatic N) is 2. The van der Waals surface area contributed by atoms with E-state index in [1.165, 1.54) is 5.56 Å². The molecule has 0 aromatic carbocycles. The first-order valence-electron chi connectivity index (χ1n) is 8.12. The highest BCUT2D eigenvalue weighted by Crippen LogP contribution is 2.19. The predicted molar refractivity (Wildman–Crippen MR) is 90.0 cm³/mol. The number of nitrogens with one attached hydrogen (secondary N) is 1. The number of aromatic nitrogens is 1. The molecule has 4 nitrogen and oxygen atoms in total. The van der Waals surface area contributed by atoms with Crippen LogP contribution in [-0.4, -0.2) is 37.8 Å². The van der Waals surface area contributed by atoms with E-state index in [0.29, 0.717) is 6.04 Å². The number of methoxy groups -OCH3 is 1. The van der Waals surface area contributed by atoms with Crippen molar-refractivity contribution in [3.63, 3.8) is 0 Å². The molecule has 0 fully saturated rings. The Morgan fingerprint density at radius 1 is 1.29 bits per heavy atom. The summed E-state index contributed by atoms with van der Waals surface area (Å²) in [6.45, 7) is 12.2. The molecule has 0 aliphatic carbocycles. The molecule has 0 aliphatic rings. The third kappa shape index (κ3) is 5.64. The Morgan fingerprint density at radius 3 is 2.62 bits per heavy atom. The van der Waals surface area contributed by atoms with Crippen molar-refractivity contribution in [1.29, 1.82) is 0 Å². The van der Waals surface area contributed by atoms with Gasteiger partial charge in [0.15, 0.2) is 0 Å². The maximum absolute atomic E-state index is 5.26. The normalized spacial score (nSPS) is 12.4. The molecule has 0 saturated carbocycles. The second-order valence-corrected chi connectivity index (χ2v) is 5.40. The van der Waals surface area contributed by atoms with Crippen LogP contribution in [0.5, 0.6) is 0 Å². The minimum atomic E-state index is 0.465. The minimum absolute atomic E-state index is 0.465. The average molecular weight is 293 g/mol. The van der Waals surface area contributed by atoms with Crippen LogP contribution in [0.25, 0.3) is 0 Å². The number of anilines is 1. The van der Waals surface area contributed by atoms with Crippen LogP contribution in [0.4, 0.5) is 5.82 Å². The maximum atomic E-state index is 5.26. The monoisotopic (exact) mass is 293 g/mol.